The average Bonchev–Trinajstić information content (AvgIpc) is 2.67. The Morgan fingerprint density at radius 1 is 1.12 bits per heavy atom. The number of sulfonamides is 1. The second-order valence-corrected chi connectivity index (χ2v) is 8.60. The Hall–Kier alpha value is -2.18. The standard InChI is InChI=1S/C20H24N2O3S/c1-16-6-5-13-22(15-16)20(23)18-9-11-19(12-10-18)26(24,25)21-14-17-7-3-2-4-8-17/h2-4,7-12,16,21H,5-6,13-15H2,1H3. The summed E-state index contributed by atoms with van der Waals surface area (Å²) in [4.78, 5) is 14.6. The van der Waals surface area contributed by atoms with E-state index in [1.165, 1.54) is 12.1 Å². The Morgan fingerprint density at radius 3 is 2.46 bits per heavy atom. The smallest absolute Gasteiger partial charge is 0.253 e. The zero-order valence-corrected chi connectivity index (χ0v) is 15.7. The largest absolute Gasteiger partial charge is 0.338 e. The summed E-state index contributed by atoms with van der Waals surface area (Å²) in [5, 5.41) is 0. The summed E-state index contributed by atoms with van der Waals surface area (Å²) in [5.74, 6) is 0.479. The molecule has 1 aliphatic rings. The summed E-state index contributed by atoms with van der Waals surface area (Å²) in [5.41, 5.74) is 1.42. The van der Waals surface area contributed by atoms with Gasteiger partial charge in [-0.3, -0.25) is 4.79 Å². The lowest BCUT2D eigenvalue weighted by Crippen LogP contribution is -2.39. The number of nitrogens with one attached hydrogen (secondary N) is 1. The molecule has 1 N–H and O–H groups in total. The minimum absolute atomic E-state index is 0.0299. The molecule has 1 saturated heterocycles. The molecule has 1 heterocycles. The third-order valence-electron chi connectivity index (χ3n) is 4.66. The van der Waals surface area contributed by atoms with Crippen molar-refractivity contribution in [2.75, 3.05) is 13.1 Å². The maximum absolute atomic E-state index is 12.6. The predicted octanol–water partition coefficient (Wildman–Crippen LogP) is 3.04. The molecule has 0 aromatic heterocycles. The van der Waals surface area contributed by atoms with Gasteiger partial charge in [-0.2, -0.15) is 0 Å². The van der Waals surface area contributed by atoms with Gasteiger partial charge in [0.05, 0.1) is 4.90 Å². The zero-order valence-electron chi connectivity index (χ0n) is 14.9. The van der Waals surface area contributed by atoms with Crippen LogP contribution in [0.5, 0.6) is 0 Å². The van der Waals surface area contributed by atoms with Gasteiger partial charge in [-0.1, -0.05) is 37.3 Å². The molecule has 0 spiro atoms. The molecule has 138 valence electrons. The lowest BCUT2D eigenvalue weighted by atomic mass is 9.99. The van der Waals surface area contributed by atoms with Gasteiger partial charge in [0.25, 0.3) is 5.91 Å². The van der Waals surface area contributed by atoms with Crippen molar-refractivity contribution in [1.82, 2.24) is 9.62 Å². The molecule has 1 unspecified atom stereocenters. The molecule has 0 aliphatic carbocycles. The van der Waals surface area contributed by atoms with Crippen molar-refractivity contribution in [1.29, 1.82) is 0 Å². The van der Waals surface area contributed by atoms with Crippen molar-refractivity contribution in [3.05, 3.63) is 65.7 Å². The van der Waals surface area contributed by atoms with E-state index in [9.17, 15) is 13.2 Å². The third-order valence-corrected chi connectivity index (χ3v) is 6.08. The third kappa shape index (κ3) is 4.51. The highest BCUT2D eigenvalue weighted by Gasteiger charge is 2.22. The van der Waals surface area contributed by atoms with Gasteiger partial charge in [0.1, 0.15) is 0 Å². The van der Waals surface area contributed by atoms with Crippen LogP contribution in [0.2, 0.25) is 0 Å². The Kier molecular flexibility index (Phi) is 5.74. The number of hydrogen-bond acceptors (Lipinski definition) is 3. The average molecular weight is 372 g/mol. The number of rotatable bonds is 5. The van der Waals surface area contributed by atoms with Gasteiger partial charge in [0.2, 0.25) is 10.0 Å². The van der Waals surface area contributed by atoms with E-state index in [1.54, 1.807) is 12.1 Å². The molecule has 2 aromatic rings. The summed E-state index contributed by atoms with van der Waals surface area (Å²) in [6, 6.07) is 15.5. The summed E-state index contributed by atoms with van der Waals surface area (Å²) < 4.78 is 27.4. The first-order chi connectivity index (χ1) is 12.5. The minimum atomic E-state index is -3.61. The Balaban J connectivity index is 1.67. The van der Waals surface area contributed by atoms with Crippen molar-refractivity contribution < 1.29 is 13.2 Å². The minimum Gasteiger partial charge on any atom is -0.338 e. The van der Waals surface area contributed by atoms with E-state index in [4.69, 9.17) is 0 Å². The van der Waals surface area contributed by atoms with Gasteiger partial charge < -0.3 is 4.90 Å². The fraction of sp³-hybridized carbons (Fsp3) is 0.350. The number of amides is 1. The van der Waals surface area contributed by atoms with E-state index in [1.807, 2.05) is 35.2 Å². The van der Waals surface area contributed by atoms with Crippen LogP contribution in [-0.4, -0.2) is 32.3 Å². The molecule has 2 aromatic carbocycles. The molecule has 0 bridgehead atoms. The van der Waals surface area contributed by atoms with Crippen molar-refractivity contribution in [2.45, 2.75) is 31.2 Å². The molecule has 3 rings (SSSR count). The van der Waals surface area contributed by atoms with Crippen LogP contribution < -0.4 is 4.72 Å². The number of likely N-dealkylation sites (tertiary alicyclic amines) is 1. The number of hydrogen-bond donors (Lipinski definition) is 1. The van der Waals surface area contributed by atoms with Gasteiger partial charge in [0, 0.05) is 25.2 Å². The first-order valence-electron chi connectivity index (χ1n) is 8.88. The topological polar surface area (TPSA) is 66.5 Å². The summed E-state index contributed by atoms with van der Waals surface area (Å²) in [7, 11) is -3.61. The number of nitrogens with zero attached hydrogens (tertiary/aromatic N) is 1. The summed E-state index contributed by atoms with van der Waals surface area (Å²) in [6.07, 6.45) is 2.16. The molecule has 0 radical (unpaired) electrons. The van der Waals surface area contributed by atoms with Crippen LogP contribution in [0.1, 0.15) is 35.7 Å². The lowest BCUT2D eigenvalue weighted by Gasteiger charge is -2.31. The fourth-order valence-corrected chi connectivity index (χ4v) is 4.21. The quantitative estimate of drug-likeness (QED) is 0.877. The van der Waals surface area contributed by atoms with Gasteiger partial charge in [-0.15, -0.1) is 0 Å². The highest BCUT2D eigenvalue weighted by Crippen LogP contribution is 2.19. The number of piperidine rings is 1. The molecule has 26 heavy (non-hydrogen) atoms. The SMILES string of the molecule is CC1CCCN(C(=O)c2ccc(S(=O)(=O)NCc3ccccc3)cc2)C1. The highest BCUT2D eigenvalue weighted by atomic mass is 32.2. The highest BCUT2D eigenvalue weighted by molar-refractivity contribution is 7.89. The molecule has 1 atom stereocenters. The first-order valence-corrected chi connectivity index (χ1v) is 10.4. The molecule has 1 aliphatic heterocycles. The van der Waals surface area contributed by atoms with Crippen molar-refractivity contribution in [3.8, 4) is 0 Å². The van der Waals surface area contributed by atoms with Crippen LogP contribution in [-0.2, 0) is 16.6 Å². The summed E-state index contributed by atoms with van der Waals surface area (Å²) >= 11 is 0. The Labute approximate surface area is 155 Å². The van der Waals surface area contributed by atoms with Crippen molar-refractivity contribution in [3.63, 3.8) is 0 Å². The van der Waals surface area contributed by atoms with Gasteiger partial charge in [-0.25, -0.2) is 13.1 Å². The maximum atomic E-state index is 12.6. The van der Waals surface area contributed by atoms with E-state index < -0.39 is 10.0 Å². The predicted molar refractivity (Wildman–Crippen MR) is 101 cm³/mol. The van der Waals surface area contributed by atoms with Gasteiger partial charge >= 0.3 is 0 Å². The maximum Gasteiger partial charge on any atom is 0.253 e. The molecule has 0 saturated carbocycles. The number of carbonyl (C=O) groups is 1. The Bertz CT molecular complexity index is 848. The van der Waals surface area contributed by atoms with Crippen LogP contribution in [0.3, 0.4) is 0 Å². The van der Waals surface area contributed by atoms with E-state index in [-0.39, 0.29) is 17.3 Å². The zero-order chi connectivity index (χ0) is 18.6. The van der Waals surface area contributed by atoms with Crippen LogP contribution in [0.15, 0.2) is 59.5 Å². The van der Waals surface area contributed by atoms with Crippen molar-refractivity contribution >= 4 is 15.9 Å². The second kappa shape index (κ2) is 8.01. The van der Waals surface area contributed by atoms with E-state index in [0.29, 0.717) is 11.5 Å². The van der Waals surface area contributed by atoms with Gasteiger partial charge in [-0.05, 0) is 48.6 Å². The molecular weight excluding hydrogens is 348 g/mol. The van der Waals surface area contributed by atoms with E-state index in [0.717, 1.165) is 31.5 Å². The van der Waals surface area contributed by atoms with Crippen LogP contribution >= 0.6 is 0 Å². The van der Waals surface area contributed by atoms with E-state index in [2.05, 4.69) is 11.6 Å². The Morgan fingerprint density at radius 2 is 1.81 bits per heavy atom. The van der Waals surface area contributed by atoms with Crippen molar-refractivity contribution in [2.24, 2.45) is 5.92 Å². The van der Waals surface area contributed by atoms with Gasteiger partial charge in [0.15, 0.2) is 0 Å². The first kappa shape index (κ1) is 18.6. The van der Waals surface area contributed by atoms with Crippen LogP contribution in [0.25, 0.3) is 0 Å². The molecule has 1 fully saturated rings. The summed E-state index contributed by atoms with van der Waals surface area (Å²) in [6.45, 7) is 3.91. The van der Waals surface area contributed by atoms with E-state index >= 15 is 0 Å². The lowest BCUT2D eigenvalue weighted by molar-refractivity contribution is 0.0683. The second-order valence-electron chi connectivity index (χ2n) is 6.83. The van der Waals surface area contributed by atoms with Crippen LogP contribution in [0, 0.1) is 5.92 Å². The molecule has 5 nitrogen and oxygen atoms in total. The monoisotopic (exact) mass is 372 g/mol. The molecule has 1 amide bonds. The normalized spacial score (nSPS) is 17.9. The van der Waals surface area contributed by atoms with Crippen LogP contribution in [0.4, 0.5) is 0 Å². The number of carbonyl (C=O) groups excluding carboxylic acids is 1. The molecule has 6 heteroatoms. The number of benzene rings is 2. The fourth-order valence-electron chi connectivity index (χ4n) is 3.19. The molecular formula is C20H24N2O3S.